The topological polar surface area (TPSA) is 63.3 Å². The summed E-state index contributed by atoms with van der Waals surface area (Å²) >= 11 is 11.6. The number of halogens is 2. The van der Waals surface area contributed by atoms with E-state index in [4.69, 9.17) is 28.9 Å². The zero-order valence-electron chi connectivity index (χ0n) is 9.15. The summed E-state index contributed by atoms with van der Waals surface area (Å²) in [6.07, 6.45) is 0. The lowest BCUT2D eigenvalue weighted by atomic mass is 10.0. The van der Waals surface area contributed by atoms with Crippen molar-refractivity contribution in [3.05, 3.63) is 57.6 Å². The van der Waals surface area contributed by atoms with Crippen molar-refractivity contribution in [2.45, 2.75) is 0 Å². The Morgan fingerprint density at radius 2 is 1.72 bits per heavy atom. The number of nitrogen functional groups attached to an aromatic ring is 1. The second kappa shape index (κ2) is 4.88. The van der Waals surface area contributed by atoms with Gasteiger partial charge in [-0.1, -0.05) is 23.2 Å². The Labute approximate surface area is 114 Å². The number of carbonyl (C=O) groups is 1. The quantitative estimate of drug-likeness (QED) is 0.654. The van der Waals surface area contributed by atoms with Gasteiger partial charge in [0.1, 0.15) is 5.75 Å². The molecule has 2 aromatic carbocycles. The molecule has 0 radical (unpaired) electrons. The van der Waals surface area contributed by atoms with E-state index in [1.807, 2.05) is 0 Å². The van der Waals surface area contributed by atoms with Crippen LogP contribution < -0.4 is 5.73 Å². The minimum absolute atomic E-state index is 0.0429. The summed E-state index contributed by atoms with van der Waals surface area (Å²) in [4.78, 5) is 12.2. The summed E-state index contributed by atoms with van der Waals surface area (Å²) in [6.45, 7) is 0. The van der Waals surface area contributed by atoms with Crippen molar-refractivity contribution in [2.24, 2.45) is 0 Å². The molecule has 18 heavy (non-hydrogen) atoms. The highest BCUT2D eigenvalue weighted by Gasteiger charge is 2.16. The van der Waals surface area contributed by atoms with E-state index in [-0.39, 0.29) is 27.1 Å². The van der Waals surface area contributed by atoms with Crippen LogP contribution in [-0.2, 0) is 0 Å². The zero-order chi connectivity index (χ0) is 13.3. The summed E-state index contributed by atoms with van der Waals surface area (Å²) in [5, 5.41) is 10.1. The maximum absolute atomic E-state index is 12.2. The number of phenolic OH excluding ortho intramolecular Hbond substituents is 1. The molecule has 0 heterocycles. The Hall–Kier alpha value is -1.71. The maximum Gasteiger partial charge on any atom is 0.196 e. The van der Waals surface area contributed by atoms with E-state index >= 15 is 0 Å². The molecule has 0 aliphatic rings. The first-order chi connectivity index (χ1) is 8.49. The van der Waals surface area contributed by atoms with E-state index in [0.717, 1.165) is 0 Å². The van der Waals surface area contributed by atoms with Gasteiger partial charge in [0.15, 0.2) is 5.78 Å². The van der Waals surface area contributed by atoms with Gasteiger partial charge in [0.25, 0.3) is 0 Å². The summed E-state index contributed by atoms with van der Waals surface area (Å²) in [7, 11) is 0. The van der Waals surface area contributed by atoms with Crippen molar-refractivity contribution in [1.82, 2.24) is 0 Å². The summed E-state index contributed by atoms with van der Waals surface area (Å²) in [6, 6.07) is 9.12. The van der Waals surface area contributed by atoms with E-state index < -0.39 is 0 Å². The largest absolute Gasteiger partial charge is 0.506 e. The highest BCUT2D eigenvalue weighted by molar-refractivity contribution is 6.36. The second-order valence-corrected chi connectivity index (χ2v) is 4.58. The van der Waals surface area contributed by atoms with Crippen molar-refractivity contribution in [2.75, 3.05) is 5.73 Å². The highest BCUT2D eigenvalue weighted by Crippen LogP contribution is 2.32. The van der Waals surface area contributed by atoms with Crippen LogP contribution >= 0.6 is 23.2 Å². The number of benzene rings is 2. The first-order valence-corrected chi connectivity index (χ1v) is 5.83. The minimum atomic E-state index is -0.364. The molecule has 0 aliphatic carbocycles. The SMILES string of the molecule is Nc1ccc(C(=O)c2cc(Cl)cc(Cl)c2O)cc1. The molecule has 0 saturated heterocycles. The summed E-state index contributed by atoms with van der Waals surface area (Å²) in [5.74, 6) is -0.639. The third-order valence-electron chi connectivity index (χ3n) is 2.45. The van der Waals surface area contributed by atoms with E-state index in [9.17, 15) is 9.90 Å². The zero-order valence-corrected chi connectivity index (χ0v) is 10.7. The standard InChI is InChI=1S/C13H9Cl2NO2/c14-8-5-10(13(18)11(15)6-8)12(17)7-1-3-9(16)4-2-7/h1-6,18H,16H2. The third kappa shape index (κ3) is 2.42. The summed E-state index contributed by atoms with van der Waals surface area (Å²) < 4.78 is 0. The normalized spacial score (nSPS) is 10.3. The number of hydrogen-bond acceptors (Lipinski definition) is 3. The molecule has 3 N–H and O–H groups in total. The number of aromatic hydroxyl groups is 1. The molecule has 0 spiro atoms. The molecule has 0 bridgehead atoms. The molecular formula is C13H9Cl2NO2. The lowest BCUT2D eigenvalue weighted by molar-refractivity contribution is 0.103. The molecule has 92 valence electrons. The van der Waals surface area contributed by atoms with Crippen molar-refractivity contribution in [3.63, 3.8) is 0 Å². The smallest absolute Gasteiger partial charge is 0.196 e. The molecular weight excluding hydrogens is 273 g/mol. The number of rotatable bonds is 2. The van der Waals surface area contributed by atoms with E-state index in [2.05, 4.69) is 0 Å². The van der Waals surface area contributed by atoms with Gasteiger partial charge in [-0.3, -0.25) is 4.79 Å². The number of anilines is 1. The second-order valence-electron chi connectivity index (χ2n) is 3.73. The fourth-order valence-corrected chi connectivity index (χ4v) is 2.02. The van der Waals surface area contributed by atoms with Gasteiger partial charge in [-0.25, -0.2) is 0 Å². The first kappa shape index (κ1) is 12.7. The molecule has 0 fully saturated rings. The van der Waals surface area contributed by atoms with Gasteiger partial charge in [0.2, 0.25) is 0 Å². The van der Waals surface area contributed by atoms with Crippen molar-refractivity contribution in [3.8, 4) is 5.75 Å². The molecule has 0 unspecified atom stereocenters. The molecule has 2 rings (SSSR count). The van der Waals surface area contributed by atoms with Crippen LogP contribution in [0, 0.1) is 0 Å². The molecule has 0 aliphatic heterocycles. The monoisotopic (exact) mass is 281 g/mol. The molecule has 2 aromatic rings. The Bertz CT molecular complexity index is 609. The lowest BCUT2D eigenvalue weighted by Gasteiger charge is -2.06. The van der Waals surface area contributed by atoms with Crippen LogP contribution in [0.25, 0.3) is 0 Å². The Balaban J connectivity index is 2.49. The van der Waals surface area contributed by atoms with Gasteiger partial charge in [-0.15, -0.1) is 0 Å². The number of carbonyl (C=O) groups excluding carboxylic acids is 1. The fourth-order valence-electron chi connectivity index (χ4n) is 1.53. The number of phenols is 1. The van der Waals surface area contributed by atoms with Gasteiger partial charge in [-0.2, -0.15) is 0 Å². The van der Waals surface area contributed by atoms with Gasteiger partial charge >= 0.3 is 0 Å². The van der Waals surface area contributed by atoms with Crippen molar-refractivity contribution < 1.29 is 9.90 Å². The third-order valence-corrected chi connectivity index (χ3v) is 2.95. The average molecular weight is 282 g/mol. The molecule has 5 heteroatoms. The van der Waals surface area contributed by atoms with Crippen LogP contribution in [0.1, 0.15) is 15.9 Å². The van der Waals surface area contributed by atoms with Gasteiger partial charge in [-0.05, 0) is 36.4 Å². The van der Waals surface area contributed by atoms with Crippen LogP contribution in [0.2, 0.25) is 10.0 Å². The van der Waals surface area contributed by atoms with Gasteiger partial charge < -0.3 is 10.8 Å². The maximum atomic E-state index is 12.2. The van der Waals surface area contributed by atoms with Crippen LogP contribution in [0.15, 0.2) is 36.4 Å². The Morgan fingerprint density at radius 3 is 2.33 bits per heavy atom. The van der Waals surface area contributed by atoms with E-state index in [0.29, 0.717) is 11.3 Å². The van der Waals surface area contributed by atoms with Crippen molar-refractivity contribution in [1.29, 1.82) is 0 Å². The summed E-state index contributed by atoms with van der Waals surface area (Å²) in [5.41, 5.74) is 6.56. The van der Waals surface area contributed by atoms with Crippen LogP contribution in [0.3, 0.4) is 0 Å². The highest BCUT2D eigenvalue weighted by atomic mass is 35.5. The van der Waals surface area contributed by atoms with E-state index in [1.54, 1.807) is 24.3 Å². The minimum Gasteiger partial charge on any atom is -0.506 e. The van der Waals surface area contributed by atoms with Crippen molar-refractivity contribution >= 4 is 34.7 Å². The van der Waals surface area contributed by atoms with Gasteiger partial charge in [0, 0.05) is 16.3 Å². The van der Waals surface area contributed by atoms with Gasteiger partial charge in [0.05, 0.1) is 10.6 Å². The molecule has 0 amide bonds. The Morgan fingerprint density at radius 1 is 1.11 bits per heavy atom. The number of nitrogens with two attached hydrogens (primary N) is 1. The lowest BCUT2D eigenvalue weighted by Crippen LogP contribution is -2.02. The molecule has 3 nitrogen and oxygen atoms in total. The molecule has 0 atom stereocenters. The van der Waals surface area contributed by atoms with Crippen LogP contribution in [0.4, 0.5) is 5.69 Å². The first-order valence-electron chi connectivity index (χ1n) is 5.07. The van der Waals surface area contributed by atoms with E-state index in [1.165, 1.54) is 12.1 Å². The molecule has 0 saturated carbocycles. The predicted molar refractivity (Wildman–Crippen MR) is 72.4 cm³/mol. The number of hydrogen-bond donors (Lipinski definition) is 2. The fraction of sp³-hybridized carbons (Fsp3) is 0. The number of ketones is 1. The molecule has 0 aromatic heterocycles. The van der Waals surface area contributed by atoms with Crippen LogP contribution in [-0.4, -0.2) is 10.9 Å². The average Bonchev–Trinajstić information content (AvgIpc) is 2.34. The van der Waals surface area contributed by atoms with Crippen LogP contribution in [0.5, 0.6) is 5.75 Å². The predicted octanol–water partition coefficient (Wildman–Crippen LogP) is 3.51. The Kier molecular flexibility index (Phi) is 3.45.